The highest BCUT2D eigenvalue weighted by molar-refractivity contribution is 5.51. The molecule has 0 amide bonds. The fourth-order valence-corrected chi connectivity index (χ4v) is 2.81. The Labute approximate surface area is 121 Å². The number of rotatable bonds is 2. The molecule has 0 aliphatic carbocycles. The Morgan fingerprint density at radius 2 is 2.24 bits per heavy atom. The van der Waals surface area contributed by atoms with Crippen LogP contribution in [0.2, 0.25) is 0 Å². The molecule has 1 saturated heterocycles. The van der Waals surface area contributed by atoms with E-state index in [-0.39, 0.29) is 0 Å². The van der Waals surface area contributed by atoms with Gasteiger partial charge in [-0.15, -0.1) is 0 Å². The summed E-state index contributed by atoms with van der Waals surface area (Å²) < 4.78 is 7.38. The van der Waals surface area contributed by atoms with Crippen LogP contribution in [0.15, 0.2) is 18.7 Å². The van der Waals surface area contributed by atoms with Crippen molar-refractivity contribution in [1.82, 2.24) is 19.7 Å². The maximum absolute atomic E-state index is 8.84. The van der Waals surface area contributed by atoms with Crippen LogP contribution in [0, 0.1) is 11.3 Å². The molecule has 2 aromatic rings. The maximum atomic E-state index is 8.84. The molecule has 1 fully saturated rings. The molecule has 106 valence electrons. The second kappa shape index (κ2) is 4.82. The lowest BCUT2D eigenvalue weighted by Gasteiger charge is -2.41. The van der Waals surface area contributed by atoms with Crippen LogP contribution in [0.5, 0.6) is 0 Å². The summed E-state index contributed by atoms with van der Waals surface area (Å²) in [7, 11) is 0. The van der Waals surface area contributed by atoms with Crippen LogP contribution in [-0.2, 0) is 17.8 Å². The Morgan fingerprint density at radius 3 is 3.05 bits per heavy atom. The Balaban J connectivity index is 1.52. The minimum absolute atomic E-state index is 0.294. The van der Waals surface area contributed by atoms with Crippen LogP contribution in [0.3, 0.4) is 0 Å². The molecule has 4 heterocycles. The monoisotopic (exact) mass is 282 g/mol. The van der Waals surface area contributed by atoms with E-state index in [1.54, 1.807) is 18.7 Å². The summed E-state index contributed by atoms with van der Waals surface area (Å²) >= 11 is 0. The molecule has 0 saturated carbocycles. The molecule has 2 aliphatic heterocycles. The van der Waals surface area contributed by atoms with Crippen molar-refractivity contribution in [3.05, 3.63) is 35.5 Å². The average molecular weight is 282 g/mol. The SMILES string of the molecule is N#Cc1cnn(C2CN(c3ncnc4c3COCC4)C2)c1. The number of nitriles is 1. The first-order valence-corrected chi connectivity index (χ1v) is 6.95. The molecule has 0 spiro atoms. The van der Waals surface area contributed by atoms with E-state index in [9.17, 15) is 0 Å². The van der Waals surface area contributed by atoms with E-state index in [0.717, 1.165) is 43.2 Å². The van der Waals surface area contributed by atoms with E-state index < -0.39 is 0 Å². The summed E-state index contributed by atoms with van der Waals surface area (Å²) in [5.41, 5.74) is 2.81. The molecule has 0 aromatic carbocycles. The van der Waals surface area contributed by atoms with Crippen LogP contribution in [0.25, 0.3) is 0 Å². The van der Waals surface area contributed by atoms with Gasteiger partial charge in [-0.05, 0) is 0 Å². The summed E-state index contributed by atoms with van der Waals surface area (Å²) in [4.78, 5) is 11.0. The third-order valence-corrected chi connectivity index (χ3v) is 4.01. The van der Waals surface area contributed by atoms with Crippen molar-refractivity contribution in [1.29, 1.82) is 5.26 Å². The van der Waals surface area contributed by atoms with Crippen LogP contribution in [-0.4, -0.2) is 39.4 Å². The van der Waals surface area contributed by atoms with E-state index in [2.05, 4.69) is 26.0 Å². The fourth-order valence-electron chi connectivity index (χ4n) is 2.81. The van der Waals surface area contributed by atoms with E-state index in [1.165, 1.54) is 0 Å². The highest BCUT2D eigenvalue weighted by Crippen LogP contribution is 2.31. The van der Waals surface area contributed by atoms with Gasteiger partial charge in [-0.2, -0.15) is 10.4 Å². The van der Waals surface area contributed by atoms with Gasteiger partial charge in [-0.25, -0.2) is 9.97 Å². The standard InChI is InChI=1S/C14H14N6O/c15-3-10-4-18-20(5-10)11-6-19(7-11)14-12-8-21-2-1-13(12)16-9-17-14/h4-5,9,11H,1-2,6-8H2. The van der Waals surface area contributed by atoms with E-state index in [4.69, 9.17) is 10.00 Å². The molecular formula is C14H14N6O. The minimum Gasteiger partial charge on any atom is -0.376 e. The van der Waals surface area contributed by atoms with E-state index in [0.29, 0.717) is 18.2 Å². The number of nitrogens with zero attached hydrogens (tertiary/aromatic N) is 6. The second-order valence-electron chi connectivity index (χ2n) is 5.30. The van der Waals surface area contributed by atoms with Gasteiger partial charge in [0.15, 0.2) is 0 Å². The summed E-state index contributed by atoms with van der Waals surface area (Å²) in [6, 6.07) is 2.39. The van der Waals surface area contributed by atoms with Crippen molar-refractivity contribution in [3.8, 4) is 6.07 Å². The molecule has 4 rings (SSSR count). The Kier molecular flexibility index (Phi) is 2.82. The number of fused-ring (bicyclic) bond motifs is 1. The highest BCUT2D eigenvalue weighted by atomic mass is 16.5. The molecule has 0 radical (unpaired) electrons. The lowest BCUT2D eigenvalue weighted by Crippen LogP contribution is -2.49. The van der Waals surface area contributed by atoms with Gasteiger partial charge in [0.1, 0.15) is 18.2 Å². The van der Waals surface area contributed by atoms with Crippen LogP contribution in [0.1, 0.15) is 22.9 Å². The molecule has 0 N–H and O–H groups in total. The van der Waals surface area contributed by atoms with Crippen molar-refractivity contribution in [2.45, 2.75) is 19.1 Å². The van der Waals surface area contributed by atoms with Gasteiger partial charge in [-0.3, -0.25) is 4.68 Å². The molecule has 21 heavy (non-hydrogen) atoms. The van der Waals surface area contributed by atoms with Crippen molar-refractivity contribution in [2.24, 2.45) is 0 Å². The predicted octanol–water partition coefficient (Wildman–Crippen LogP) is 0.679. The lowest BCUT2D eigenvalue weighted by atomic mass is 10.1. The van der Waals surface area contributed by atoms with Gasteiger partial charge in [0, 0.05) is 31.3 Å². The zero-order valence-corrected chi connectivity index (χ0v) is 11.4. The summed E-state index contributed by atoms with van der Waals surface area (Å²) in [5.74, 6) is 0.976. The first-order valence-electron chi connectivity index (χ1n) is 6.95. The topological polar surface area (TPSA) is 79.9 Å². The predicted molar refractivity (Wildman–Crippen MR) is 73.6 cm³/mol. The molecule has 7 heteroatoms. The van der Waals surface area contributed by atoms with Crippen molar-refractivity contribution in [2.75, 3.05) is 24.6 Å². The Morgan fingerprint density at radius 1 is 1.33 bits per heavy atom. The van der Waals surface area contributed by atoms with Gasteiger partial charge in [0.05, 0.1) is 36.7 Å². The maximum Gasteiger partial charge on any atom is 0.137 e. The largest absolute Gasteiger partial charge is 0.376 e. The zero-order valence-electron chi connectivity index (χ0n) is 11.4. The number of hydrogen-bond acceptors (Lipinski definition) is 6. The zero-order chi connectivity index (χ0) is 14.2. The van der Waals surface area contributed by atoms with Crippen LogP contribution >= 0.6 is 0 Å². The number of aromatic nitrogens is 4. The molecule has 2 aromatic heterocycles. The van der Waals surface area contributed by atoms with Gasteiger partial charge < -0.3 is 9.64 Å². The molecule has 0 unspecified atom stereocenters. The number of ether oxygens (including phenoxy) is 1. The molecule has 2 aliphatic rings. The quantitative estimate of drug-likeness (QED) is 0.805. The number of anilines is 1. The number of hydrogen-bond donors (Lipinski definition) is 0. The van der Waals surface area contributed by atoms with Crippen molar-refractivity contribution < 1.29 is 4.74 Å². The Bertz CT molecular complexity index is 712. The van der Waals surface area contributed by atoms with E-state index in [1.807, 2.05) is 4.68 Å². The smallest absolute Gasteiger partial charge is 0.137 e. The van der Waals surface area contributed by atoms with Gasteiger partial charge >= 0.3 is 0 Å². The lowest BCUT2D eigenvalue weighted by molar-refractivity contribution is 0.109. The Hall–Kier alpha value is -2.46. The highest BCUT2D eigenvalue weighted by Gasteiger charge is 2.32. The van der Waals surface area contributed by atoms with Gasteiger partial charge in [-0.1, -0.05) is 0 Å². The van der Waals surface area contributed by atoms with Crippen molar-refractivity contribution >= 4 is 5.82 Å². The summed E-state index contributed by atoms with van der Waals surface area (Å²) in [5, 5.41) is 13.1. The fraction of sp³-hybridized carbons (Fsp3) is 0.429. The van der Waals surface area contributed by atoms with Crippen LogP contribution < -0.4 is 4.90 Å². The van der Waals surface area contributed by atoms with Crippen molar-refractivity contribution in [3.63, 3.8) is 0 Å². The molecular weight excluding hydrogens is 268 g/mol. The first kappa shape index (κ1) is 12.3. The summed E-state index contributed by atoms with van der Waals surface area (Å²) in [6.45, 7) is 3.01. The van der Waals surface area contributed by atoms with Gasteiger partial charge in [0.2, 0.25) is 0 Å². The average Bonchev–Trinajstić information content (AvgIpc) is 2.95. The third kappa shape index (κ3) is 2.04. The third-order valence-electron chi connectivity index (χ3n) is 4.01. The molecule has 0 atom stereocenters. The van der Waals surface area contributed by atoms with Crippen LogP contribution in [0.4, 0.5) is 5.82 Å². The summed E-state index contributed by atoms with van der Waals surface area (Å²) in [6.07, 6.45) is 5.88. The molecule has 7 nitrogen and oxygen atoms in total. The first-order chi connectivity index (χ1) is 10.3. The molecule has 0 bridgehead atoms. The van der Waals surface area contributed by atoms with E-state index >= 15 is 0 Å². The minimum atomic E-state index is 0.294. The second-order valence-corrected chi connectivity index (χ2v) is 5.30. The van der Waals surface area contributed by atoms with Gasteiger partial charge in [0.25, 0.3) is 0 Å². The normalized spacial score (nSPS) is 18.0.